The van der Waals surface area contributed by atoms with Gasteiger partial charge >= 0.3 is 5.69 Å². The van der Waals surface area contributed by atoms with E-state index in [1.54, 1.807) is 10.9 Å². The fourth-order valence-electron chi connectivity index (χ4n) is 5.12. The summed E-state index contributed by atoms with van der Waals surface area (Å²) in [6, 6.07) is 14.4. The minimum atomic E-state index is -0.375. The van der Waals surface area contributed by atoms with E-state index < -0.39 is 0 Å². The van der Waals surface area contributed by atoms with Crippen molar-refractivity contribution in [1.29, 1.82) is 0 Å². The van der Waals surface area contributed by atoms with Gasteiger partial charge in [-0.2, -0.15) is 0 Å². The van der Waals surface area contributed by atoms with Crippen LogP contribution < -0.4 is 11.2 Å². The molecule has 0 saturated carbocycles. The van der Waals surface area contributed by atoms with Gasteiger partial charge in [-0.3, -0.25) is 9.36 Å². The Morgan fingerprint density at radius 1 is 1.03 bits per heavy atom. The third kappa shape index (κ3) is 4.32. The van der Waals surface area contributed by atoms with Crippen molar-refractivity contribution in [3.05, 3.63) is 91.9 Å². The van der Waals surface area contributed by atoms with E-state index in [-0.39, 0.29) is 29.3 Å². The first kappa shape index (κ1) is 24.3. The number of benzene rings is 2. The zero-order valence-corrected chi connectivity index (χ0v) is 21.7. The van der Waals surface area contributed by atoms with Gasteiger partial charge in [0.1, 0.15) is 0 Å². The minimum Gasteiger partial charge on any atom is -0.376 e. The normalized spacial score (nSPS) is 16.2. The lowest BCUT2D eigenvalue weighted by Gasteiger charge is -2.19. The number of rotatable bonds is 5. The topological polar surface area (TPSA) is 71.1 Å². The van der Waals surface area contributed by atoms with E-state index in [1.807, 2.05) is 36.6 Å². The molecule has 2 aromatic heterocycles. The van der Waals surface area contributed by atoms with E-state index in [4.69, 9.17) is 4.74 Å². The summed E-state index contributed by atoms with van der Waals surface area (Å²) in [5.41, 5.74) is 5.18. The predicted molar refractivity (Wildman–Crippen MR) is 142 cm³/mol. The van der Waals surface area contributed by atoms with Crippen LogP contribution in [0.2, 0.25) is 0 Å². The Kier molecular flexibility index (Phi) is 6.20. The molecule has 5 rings (SSSR count). The zero-order chi connectivity index (χ0) is 25.6. The second kappa shape index (κ2) is 9.21. The molecular weight excluding hydrogens is 452 g/mol. The molecule has 0 N–H and O–H groups in total. The number of imidazole rings is 1. The maximum Gasteiger partial charge on any atom is 0.337 e. The third-order valence-corrected chi connectivity index (χ3v) is 7.15. The van der Waals surface area contributed by atoms with Crippen LogP contribution in [-0.2, 0) is 23.2 Å². The first-order valence-corrected chi connectivity index (χ1v) is 12.6. The SMILES string of the molecule is Cc1cccc(C)c1-n1c(=O)n(CC2CCCO2)c(=O)c2c1ncn2Cc1ccc(C(C)(C)C)cc1. The van der Waals surface area contributed by atoms with Crippen molar-refractivity contribution in [2.75, 3.05) is 6.61 Å². The molecule has 4 aromatic rings. The van der Waals surface area contributed by atoms with Crippen molar-refractivity contribution >= 4 is 11.2 Å². The second-order valence-corrected chi connectivity index (χ2v) is 10.9. The van der Waals surface area contributed by atoms with E-state index in [0.29, 0.717) is 24.3 Å². The molecule has 7 heteroatoms. The molecule has 3 heterocycles. The Morgan fingerprint density at radius 3 is 2.33 bits per heavy atom. The Hall–Kier alpha value is -3.45. The molecule has 0 spiro atoms. The van der Waals surface area contributed by atoms with Gasteiger partial charge < -0.3 is 9.30 Å². The van der Waals surface area contributed by atoms with Gasteiger partial charge in [-0.25, -0.2) is 14.3 Å². The second-order valence-electron chi connectivity index (χ2n) is 10.9. The Morgan fingerprint density at radius 2 is 1.72 bits per heavy atom. The van der Waals surface area contributed by atoms with Crippen LogP contribution in [0, 0.1) is 13.8 Å². The molecule has 0 radical (unpaired) electrons. The van der Waals surface area contributed by atoms with Gasteiger partial charge in [0.2, 0.25) is 0 Å². The molecule has 1 aliphatic rings. The first-order valence-electron chi connectivity index (χ1n) is 12.6. The zero-order valence-electron chi connectivity index (χ0n) is 21.7. The van der Waals surface area contributed by atoms with Gasteiger partial charge in [0.05, 0.1) is 24.7 Å². The monoisotopic (exact) mass is 486 g/mol. The van der Waals surface area contributed by atoms with Gasteiger partial charge in [-0.05, 0) is 54.4 Å². The highest BCUT2D eigenvalue weighted by Gasteiger charge is 2.24. The van der Waals surface area contributed by atoms with E-state index in [2.05, 4.69) is 50.0 Å². The van der Waals surface area contributed by atoms with Gasteiger partial charge in [0.15, 0.2) is 11.2 Å². The minimum absolute atomic E-state index is 0.0672. The van der Waals surface area contributed by atoms with E-state index >= 15 is 0 Å². The van der Waals surface area contributed by atoms with Crippen LogP contribution in [-0.4, -0.2) is 31.4 Å². The summed E-state index contributed by atoms with van der Waals surface area (Å²) in [6.45, 7) is 11.9. The lowest BCUT2D eigenvalue weighted by atomic mass is 9.87. The number of ether oxygens (including phenoxy) is 1. The van der Waals surface area contributed by atoms with Crippen LogP contribution in [0.1, 0.15) is 55.9 Å². The maximum atomic E-state index is 13.8. The quantitative estimate of drug-likeness (QED) is 0.417. The lowest BCUT2D eigenvalue weighted by molar-refractivity contribution is 0.0950. The first-order chi connectivity index (χ1) is 17.1. The van der Waals surface area contributed by atoms with E-state index in [0.717, 1.165) is 35.2 Å². The number of hydrogen-bond acceptors (Lipinski definition) is 4. The summed E-state index contributed by atoms with van der Waals surface area (Å²) in [5, 5.41) is 0. The van der Waals surface area contributed by atoms with Crippen molar-refractivity contribution in [3.8, 4) is 5.69 Å². The highest BCUT2D eigenvalue weighted by Crippen LogP contribution is 2.24. The fraction of sp³-hybridized carbons (Fsp3) is 0.414. The molecular formula is C29H34N4O3. The van der Waals surface area contributed by atoms with Crippen molar-refractivity contribution in [2.24, 2.45) is 0 Å². The Labute approximate surface area is 211 Å². The van der Waals surface area contributed by atoms with Gasteiger partial charge in [-0.1, -0.05) is 63.2 Å². The highest BCUT2D eigenvalue weighted by molar-refractivity contribution is 5.73. The number of para-hydroxylation sites is 1. The van der Waals surface area contributed by atoms with Crippen LogP contribution in [0.3, 0.4) is 0 Å². The van der Waals surface area contributed by atoms with Crippen molar-refractivity contribution < 1.29 is 4.74 Å². The standard InChI is InChI=1S/C29H34N4O3/c1-19-8-6-9-20(2)24(19)33-26-25(27(34)32(28(33)35)17-23-10-7-15-36-23)31(18-30-26)16-21-11-13-22(14-12-21)29(3,4)5/h6,8-9,11-14,18,23H,7,10,15-17H2,1-5H3. The summed E-state index contributed by atoms with van der Waals surface area (Å²) in [5.74, 6) is 0. The molecule has 188 valence electrons. The van der Waals surface area contributed by atoms with Gasteiger partial charge in [-0.15, -0.1) is 0 Å². The summed E-state index contributed by atoms with van der Waals surface area (Å²) in [6.07, 6.45) is 3.31. The van der Waals surface area contributed by atoms with Crippen LogP contribution in [0.4, 0.5) is 0 Å². The molecule has 36 heavy (non-hydrogen) atoms. The lowest BCUT2D eigenvalue weighted by Crippen LogP contribution is -2.42. The van der Waals surface area contributed by atoms with Crippen LogP contribution >= 0.6 is 0 Å². The fourth-order valence-corrected chi connectivity index (χ4v) is 5.12. The van der Waals surface area contributed by atoms with Gasteiger partial charge in [0, 0.05) is 13.2 Å². The average molecular weight is 487 g/mol. The number of hydrogen-bond donors (Lipinski definition) is 0. The molecule has 0 amide bonds. The molecule has 1 fully saturated rings. The summed E-state index contributed by atoms with van der Waals surface area (Å²) < 4.78 is 10.6. The molecule has 7 nitrogen and oxygen atoms in total. The third-order valence-electron chi connectivity index (χ3n) is 7.15. The van der Waals surface area contributed by atoms with Crippen LogP contribution in [0.5, 0.6) is 0 Å². The molecule has 0 bridgehead atoms. The van der Waals surface area contributed by atoms with Crippen LogP contribution in [0.25, 0.3) is 16.9 Å². The highest BCUT2D eigenvalue weighted by atomic mass is 16.5. The molecule has 1 saturated heterocycles. The van der Waals surface area contributed by atoms with E-state index in [9.17, 15) is 9.59 Å². The maximum absolute atomic E-state index is 13.8. The molecule has 1 unspecified atom stereocenters. The largest absolute Gasteiger partial charge is 0.376 e. The number of nitrogens with zero attached hydrogens (tertiary/aromatic N) is 4. The number of aryl methyl sites for hydroxylation is 2. The molecule has 2 aromatic carbocycles. The number of aromatic nitrogens is 4. The smallest absolute Gasteiger partial charge is 0.337 e. The van der Waals surface area contributed by atoms with Crippen LogP contribution in [0.15, 0.2) is 58.4 Å². The Bertz CT molecular complexity index is 1510. The average Bonchev–Trinajstić information content (AvgIpc) is 3.49. The van der Waals surface area contributed by atoms with Gasteiger partial charge in [0.25, 0.3) is 5.56 Å². The van der Waals surface area contributed by atoms with E-state index in [1.165, 1.54) is 10.1 Å². The van der Waals surface area contributed by atoms with Crippen molar-refractivity contribution in [2.45, 2.75) is 72.1 Å². The molecule has 1 aliphatic heterocycles. The molecule has 0 aliphatic carbocycles. The molecule has 1 atom stereocenters. The summed E-state index contributed by atoms with van der Waals surface area (Å²) in [4.78, 5) is 32.2. The van der Waals surface area contributed by atoms with Crippen molar-refractivity contribution in [1.82, 2.24) is 18.7 Å². The Balaban J connectivity index is 1.69. The predicted octanol–water partition coefficient (Wildman–Crippen LogP) is 4.49. The summed E-state index contributed by atoms with van der Waals surface area (Å²) in [7, 11) is 0. The number of fused-ring (bicyclic) bond motifs is 1. The summed E-state index contributed by atoms with van der Waals surface area (Å²) >= 11 is 0. The van der Waals surface area contributed by atoms with Crippen molar-refractivity contribution in [3.63, 3.8) is 0 Å².